The third-order valence-corrected chi connectivity index (χ3v) is 2.73. The normalized spacial score (nSPS) is 10.7. The molecule has 0 saturated carbocycles. The van der Waals surface area contributed by atoms with Crippen molar-refractivity contribution in [1.82, 2.24) is 19.9 Å². The fraction of sp³-hybridized carbons (Fsp3) is 0.750. The molecule has 108 valence electrons. The van der Waals surface area contributed by atoms with Crippen LogP contribution in [0.4, 0.5) is 11.9 Å². The molecule has 7 nitrogen and oxygen atoms in total. The molecule has 3 N–H and O–H groups in total. The van der Waals surface area contributed by atoms with Crippen LogP contribution in [-0.4, -0.2) is 52.6 Å². The van der Waals surface area contributed by atoms with Gasteiger partial charge in [-0.2, -0.15) is 15.0 Å². The van der Waals surface area contributed by atoms with E-state index in [1.165, 1.54) is 0 Å². The summed E-state index contributed by atoms with van der Waals surface area (Å²) in [5, 5.41) is 3.14. The Balaban J connectivity index is 2.40. The Kier molecular flexibility index (Phi) is 6.88. The molecule has 0 aliphatic rings. The summed E-state index contributed by atoms with van der Waals surface area (Å²) in [7, 11) is 0. The molecule has 0 aliphatic heterocycles. The van der Waals surface area contributed by atoms with Gasteiger partial charge in [0.1, 0.15) is 0 Å². The van der Waals surface area contributed by atoms with Crippen LogP contribution < -0.4 is 15.8 Å². The van der Waals surface area contributed by atoms with Crippen molar-refractivity contribution in [2.24, 2.45) is 0 Å². The number of nitrogen functional groups attached to an aromatic ring is 1. The molecule has 0 fully saturated rings. The maximum Gasteiger partial charge on any atom is 0.323 e. The summed E-state index contributed by atoms with van der Waals surface area (Å²) in [4.78, 5) is 14.4. The second-order valence-electron chi connectivity index (χ2n) is 4.04. The summed E-state index contributed by atoms with van der Waals surface area (Å²) in [6.07, 6.45) is 1.03. The van der Waals surface area contributed by atoms with Gasteiger partial charge in [-0.05, 0) is 33.0 Å². The largest absolute Gasteiger partial charge is 0.464 e. The molecular weight excluding hydrogens is 244 g/mol. The average molecular weight is 268 g/mol. The van der Waals surface area contributed by atoms with E-state index in [1.807, 2.05) is 6.92 Å². The third-order valence-electron chi connectivity index (χ3n) is 2.73. The first-order chi connectivity index (χ1) is 9.19. The number of hydrogen-bond acceptors (Lipinski definition) is 7. The molecule has 1 rings (SSSR count). The average Bonchev–Trinajstić information content (AvgIpc) is 2.39. The minimum Gasteiger partial charge on any atom is -0.464 e. The molecule has 19 heavy (non-hydrogen) atoms. The van der Waals surface area contributed by atoms with Crippen LogP contribution in [0.1, 0.15) is 27.2 Å². The summed E-state index contributed by atoms with van der Waals surface area (Å²) >= 11 is 0. The maximum absolute atomic E-state index is 5.59. The number of hydrogen-bond donors (Lipinski definition) is 2. The van der Waals surface area contributed by atoms with E-state index in [4.69, 9.17) is 10.5 Å². The van der Waals surface area contributed by atoms with Crippen molar-refractivity contribution in [2.75, 3.05) is 43.8 Å². The number of aromatic nitrogens is 3. The molecule has 0 amide bonds. The smallest absolute Gasteiger partial charge is 0.323 e. The van der Waals surface area contributed by atoms with Gasteiger partial charge < -0.3 is 20.7 Å². The van der Waals surface area contributed by atoms with Crippen LogP contribution in [0.25, 0.3) is 0 Å². The van der Waals surface area contributed by atoms with E-state index in [1.54, 1.807) is 0 Å². The molecule has 0 aromatic carbocycles. The minimum absolute atomic E-state index is 0.171. The molecular formula is C12H24N6O. The minimum atomic E-state index is 0.171. The zero-order valence-corrected chi connectivity index (χ0v) is 12.0. The van der Waals surface area contributed by atoms with Gasteiger partial charge in [0.25, 0.3) is 0 Å². The van der Waals surface area contributed by atoms with E-state index < -0.39 is 0 Å². The van der Waals surface area contributed by atoms with Gasteiger partial charge in [-0.15, -0.1) is 0 Å². The number of nitrogens with two attached hydrogens (primary N) is 1. The third kappa shape index (κ3) is 5.69. The number of ether oxygens (including phenoxy) is 1. The van der Waals surface area contributed by atoms with Crippen LogP contribution in [0.15, 0.2) is 0 Å². The monoisotopic (exact) mass is 268 g/mol. The van der Waals surface area contributed by atoms with Gasteiger partial charge in [0, 0.05) is 6.54 Å². The summed E-state index contributed by atoms with van der Waals surface area (Å²) in [5.74, 6) is 0.639. The van der Waals surface area contributed by atoms with E-state index in [0.29, 0.717) is 12.6 Å². The van der Waals surface area contributed by atoms with Gasteiger partial charge in [0.15, 0.2) is 0 Å². The predicted molar refractivity (Wildman–Crippen MR) is 76.3 cm³/mol. The molecule has 0 aliphatic carbocycles. The van der Waals surface area contributed by atoms with Gasteiger partial charge in [-0.1, -0.05) is 13.8 Å². The lowest BCUT2D eigenvalue weighted by Crippen LogP contribution is -2.25. The molecule has 1 aromatic rings. The zero-order valence-electron chi connectivity index (χ0n) is 12.0. The Morgan fingerprint density at radius 3 is 2.53 bits per heavy atom. The van der Waals surface area contributed by atoms with E-state index in [2.05, 4.69) is 39.0 Å². The number of anilines is 2. The van der Waals surface area contributed by atoms with Crippen molar-refractivity contribution in [3.63, 3.8) is 0 Å². The highest BCUT2D eigenvalue weighted by molar-refractivity contribution is 5.32. The highest BCUT2D eigenvalue weighted by Crippen LogP contribution is 2.08. The number of nitrogens with one attached hydrogen (secondary N) is 1. The second-order valence-corrected chi connectivity index (χ2v) is 4.04. The molecule has 0 spiro atoms. The van der Waals surface area contributed by atoms with Gasteiger partial charge >= 0.3 is 6.01 Å². The van der Waals surface area contributed by atoms with Crippen LogP contribution in [0.5, 0.6) is 6.01 Å². The van der Waals surface area contributed by atoms with Crippen LogP contribution in [-0.2, 0) is 0 Å². The van der Waals surface area contributed by atoms with Crippen LogP contribution in [0.3, 0.4) is 0 Å². The first-order valence-electron chi connectivity index (χ1n) is 6.80. The van der Waals surface area contributed by atoms with Gasteiger partial charge in [0.2, 0.25) is 11.9 Å². The summed E-state index contributed by atoms with van der Waals surface area (Å²) < 4.78 is 5.22. The quantitative estimate of drug-likeness (QED) is 0.646. The first kappa shape index (κ1) is 15.4. The highest BCUT2D eigenvalue weighted by atomic mass is 16.5. The Morgan fingerprint density at radius 2 is 1.89 bits per heavy atom. The fourth-order valence-corrected chi connectivity index (χ4v) is 1.69. The Morgan fingerprint density at radius 1 is 1.16 bits per heavy atom. The van der Waals surface area contributed by atoms with Crippen LogP contribution >= 0.6 is 0 Å². The van der Waals surface area contributed by atoms with E-state index >= 15 is 0 Å². The van der Waals surface area contributed by atoms with Crippen LogP contribution in [0.2, 0.25) is 0 Å². The standard InChI is InChI=1S/C12H24N6O/c1-4-18(5-2)9-7-8-14-11-15-10(13)16-12(17-11)19-6-3/h4-9H2,1-3H3,(H3,13,14,15,16,17). The summed E-state index contributed by atoms with van der Waals surface area (Å²) in [5.41, 5.74) is 5.59. The molecule has 0 atom stereocenters. The van der Waals surface area contributed by atoms with Crippen molar-refractivity contribution in [3.8, 4) is 6.01 Å². The van der Waals surface area contributed by atoms with Gasteiger partial charge in [-0.3, -0.25) is 0 Å². The number of rotatable bonds is 9. The lowest BCUT2D eigenvalue weighted by atomic mass is 10.3. The van der Waals surface area contributed by atoms with E-state index in [-0.39, 0.29) is 12.0 Å². The fourth-order valence-electron chi connectivity index (χ4n) is 1.69. The molecule has 1 aromatic heterocycles. The van der Waals surface area contributed by atoms with Crippen molar-refractivity contribution >= 4 is 11.9 Å². The molecule has 0 unspecified atom stereocenters. The van der Waals surface area contributed by atoms with Crippen molar-refractivity contribution in [1.29, 1.82) is 0 Å². The van der Waals surface area contributed by atoms with Crippen molar-refractivity contribution in [3.05, 3.63) is 0 Å². The van der Waals surface area contributed by atoms with Gasteiger partial charge in [0.05, 0.1) is 6.61 Å². The second kappa shape index (κ2) is 8.47. The SMILES string of the molecule is CCOc1nc(N)nc(NCCCN(CC)CC)n1. The lowest BCUT2D eigenvalue weighted by molar-refractivity contribution is 0.302. The van der Waals surface area contributed by atoms with Crippen LogP contribution in [0, 0.1) is 0 Å². The molecule has 0 bridgehead atoms. The zero-order chi connectivity index (χ0) is 14.1. The number of nitrogens with zero attached hydrogens (tertiary/aromatic N) is 4. The van der Waals surface area contributed by atoms with Gasteiger partial charge in [-0.25, -0.2) is 0 Å². The maximum atomic E-state index is 5.59. The molecule has 0 radical (unpaired) electrons. The Hall–Kier alpha value is -1.63. The Bertz CT molecular complexity index is 369. The summed E-state index contributed by atoms with van der Waals surface area (Å²) in [6, 6.07) is 0.265. The van der Waals surface area contributed by atoms with E-state index in [9.17, 15) is 0 Å². The topological polar surface area (TPSA) is 89.2 Å². The Labute approximate surface area is 114 Å². The predicted octanol–water partition coefficient (Wildman–Crippen LogP) is 0.996. The first-order valence-corrected chi connectivity index (χ1v) is 6.80. The molecule has 7 heteroatoms. The lowest BCUT2D eigenvalue weighted by Gasteiger charge is -2.17. The van der Waals surface area contributed by atoms with Crippen molar-refractivity contribution < 1.29 is 4.74 Å². The van der Waals surface area contributed by atoms with E-state index in [0.717, 1.165) is 32.6 Å². The molecule has 0 saturated heterocycles. The highest BCUT2D eigenvalue weighted by Gasteiger charge is 2.04. The van der Waals surface area contributed by atoms with Crippen molar-refractivity contribution in [2.45, 2.75) is 27.2 Å². The molecule has 1 heterocycles. The summed E-state index contributed by atoms with van der Waals surface area (Å²) in [6.45, 7) is 10.7.